The molecule has 2 N–H and O–H groups in total. The van der Waals surface area contributed by atoms with Crippen molar-refractivity contribution in [2.45, 2.75) is 45.2 Å². The van der Waals surface area contributed by atoms with Crippen molar-refractivity contribution in [3.05, 3.63) is 65.6 Å². The van der Waals surface area contributed by atoms with Gasteiger partial charge in [0.15, 0.2) is 0 Å². The molecule has 1 aliphatic rings. The number of nitrogens with one attached hydrogen (secondary N) is 1. The first-order chi connectivity index (χ1) is 16.2. The number of aliphatic carboxylic acids is 1. The minimum Gasteiger partial charge on any atom is -0.481 e. The van der Waals surface area contributed by atoms with Crippen molar-refractivity contribution in [1.82, 2.24) is 15.0 Å². The molecule has 0 aromatic carbocycles. The van der Waals surface area contributed by atoms with Crippen molar-refractivity contribution in [3.8, 4) is 11.3 Å². The molecule has 0 saturated heterocycles. The highest BCUT2D eigenvalue weighted by molar-refractivity contribution is 5.70. The van der Waals surface area contributed by atoms with Gasteiger partial charge in [0.2, 0.25) is 0 Å². The molecule has 0 unspecified atom stereocenters. The van der Waals surface area contributed by atoms with E-state index in [0.717, 1.165) is 54.4 Å². The predicted octanol–water partition coefficient (Wildman–Crippen LogP) is 6.04. The van der Waals surface area contributed by atoms with Gasteiger partial charge < -0.3 is 10.4 Å². The molecule has 4 rings (SSSR count). The first kappa shape index (κ1) is 23.7. The van der Waals surface area contributed by atoms with Gasteiger partial charge in [-0.3, -0.25) is 9.78 Å². The normalized spacial score (nSPS) is 18.5. The zero-order valence-electron chi connectivity index (χ0n) is 18.6. The predicted molar refractivity (Wildman–Crippen MR) is 122 cm³/mol. The Bertz CT molecular complexity index is 1160. The van der Waals surface area contributed by atoms with E-state index in [1.165, 1.54) is 0 Å². The number of nitrogens with zero attached hydrogens (tertiary/aromatic N) is 3. The molecule has 0 atom stereocenters. The Morgan fingerprint density at radius 2 is 1.82 bits per heavy atom. The van der Waals surface area contributed by atoms with Crippen molar-refractivity contribution >= 4 is 17.6 Å². The lowest BCUT2D eigenvalue weighted by Gasteiger charge is -2.25. The van der Waals surface area contributed by atoms with E-state index in [4.69, 9.17) is 5.11 Å². The van der Waals surface area contributed by atoms with Crippen LogP contribution < -0.4 is 5.32 Å². The fraction of sp³-hybridized carbons (Fsp3) is 0.360. The molecular weight excluding hydrogens is 445 g/mol. The Labute approximate surface area is 195 Å². The Hall–Kier alpha value is -3.49. The van der Waals surface area contributed by atoms with Gasteiger partial charge in [0.1, 0.15) is 11.6 Å². The summed E-state index contributed by atoms with van der Waals surface area (Å²) < 4.78 is 39.0. The fourth-order valence-corrected chi connectivity index (χ4v) is 4.29. The van der Waals surface area contributed by atoms with Gasteiger partial charge in [-0.05, 0) is 86.9 Å². The fourth-order valence-electron chi connectivity index (χ4n) is 4.29. The second kappa shape index (κ2) is 9.79. The molecule has 3 aromatic heterocycles. The molecule has 9 heteroatoms. The van der Waals surface area contributed by atoms with Crippen LogP contribution in [0.1, 0.15) is 42.5 Å². The van der Waals surface area contributed by atoms with Crippen LogP contribution >= 0.6 is 0 Å². The van der Waals surface area contributed by atoms with Crippen molar-refractivity contribution in [2.24, 2.45) is 11.8 Å². The highest BCUT2D eigenvalue weighted by Gasteiger charge is 2.30. The van der Waals surface area contributed by atoms with Crippen LogP contribution in [0.15, 0.2) is 48.8 Å². The van der Waals surface area contributed by atoms with Crippen molar-refractivity contribution in [1.29, 1.82) is 0 Å². The highest BCUT2D eigenvalue weighted by atomic mass is 19.4. The number of alkyl halides is 3. The van der Waals surface area contributed by atoms with E-state index < -0.39 is 17.7 Å². The molecule has 0 amide bonds. The average Bonchev–Trinajstić information content (AvgIpc) is 2.79. The second-order valence-electron chi connectivity index (χ2n) is 8.77. The average molecular weight is 470 g/mol. The molecule has 0 radical (unpaired) electrons. The van der Waals surface area contributed by atoms with Gasteiger partial charge in [-0.25, -0.2) is 9.97 Å². The van der Waals surface area contributed by atoms with Crippen LogP contribution in [0, 0.1) is 18.8 Å². The third-order valence-corrected chi connectivity index (χ3v) is 6.13. The summed E-state index contributed by atoms with van der Waals surface area (Å²) in [6.45, 7) is 1.88. The van der Waals surface area contributed by atoms with Gasteiger partial charge in [0.25, 0.3) is 0 Å². The Kier molecular flexibility index (Phi) is 6.81. The number of carboxylic acids is 1. The lowest BCUT2D eigenvalue weighted by Crippen LogP contribution is -2.22. The van der Waals surface area contributed by atoms with E-state index >= 15 is 0 Å². The van der Waals surface area contributed by atoms with Gasteiger partial charge in [0, 0.05) is 23.7 Å². The first-order valence-corrected chi connectivity index (χ1v) is 11.1. The number of aryl methyl sites for hydroxylation is 1. The minimum absolute atomic E-state index is 0.0602. The monoisotopic (exact) mass is 470 g/mol. The van der Waals surface area contributed by atoms with Gasteiger partial charge in [0.05, 0.1) is 17.2 Å². The Morgan fingerprint density at radius 3 is 2.47 bits per heavy atom. The zero-order valence-corrected chi connectivity index (χ0v) is 18.6. The van der Waals surface area contributed by atoms with Crippen molar-refractivity contribution in [3.63, 3.8) is 0 Å². The number of rotatable bonds is 6. The number of anilines is 2. The maximum absolute atomic E-state index is 13.0. The molecule has 0 spiro atoms. The van der Waals surface area contributed by atoms with Gasteiger partial charge >= 0.3 is 12.1 Å². The van der Waals surface area contributed by atoms with E-state index in [1.807, 2.05) is 25.1 Å². The van der Waals surface area contributed by atoms with Crippen LogP contribution in [-0.4, -0.2) is 26.0 Å². The van der Waals surface area contributed by atoms with Crippen molar-refractivity contribution < 1.29 is 23.1 Å². The molecular formula is C25H25F3N4O2. The van der Waals surface area contributed by atoms with E-state index in [1.54, 1.807) is 12.3 Å². The molecule has 1 fully saturated rings. The third kappa shape index (κ3) is 5.89. The van der Waals surface area contributed by atoms with Gasteiger partial charge in [-0.2, -0.15) is 13.2 Å². The number of halogens is 3. The summed E-state index contributed by atoms with van der Waals surface area (Å²) in [5, 5.41) is 12.0. The summed E-state index contributed by atoms with van der Waals surface area (Å²) in [7, 11) is 0. The number of hydrogen-bond acceptors (Lipinski definition) is 5. The van der Waals surface area contributed by atoms with E-state index in [-0.39, 0.29) is 11.7 Å². The SMILES string of the molecule is Cc1cc(Nc2cc(C(F)(F)F)ccn2)nc(-c2ccc(C[C@H]3CC[C@H](C(=O)O)CC3)nc2)c1. The molecule has 34 heavy (non-hydrogen) atoms. The lowest BCUT2D eigenvalue weighted by molar-refractivity contribution is -0.143. The summed E-state index contributed by atoms with van der Waals surface area (Å²) in [4.78, 5) is 24.2. The molecule has 3 aromatic rings. The Morgan fingerprint density at radius 1 is 1.06 bits per heavy atom. The van der Waals surface area contributed by atoms with Crippen LogP contribution in [0.4, 0.5) is 24.8 Å². The first-order valence-electron chi connectivity index (χ1n) is 11.1. The van der Waals surface area contributed by atoms with E-state index in [2.05, 4.69) is 20.3 Å². The Balaban J connectivity index is 1.45. The third-order valence-electron chi connectivity index (χ3n) is 6.13. The summed E-state index contributed by atoms with van der Waals surface area (Å²) in [5.41, 5.74) is 2.49. The van der Waals surface area contributed by atoms with Crippen LogP contribution in [0.2, 0.25) is 0 Å². The summed E-state index contributed by atoms with van der Waals surface area (Å²) >= 11 is 0. The molecule has 3 heterocycles. The highest BCUT2D eigenvalue weighted by Crippen LogP contribution is 2.32. The van der Waals surface area contributed by atoms with E-state index in [0.29, 0.717) is 30.3 Å². The second-order valence-corrected chi connectivity index (χ2v) is 8.77. The summed E-state index contributed by atoms with van der Waals surface area (Å²) in [6, 6.07) is 9.37. The van der Waals surface area contributed by atoms with E-state index in [9.17, 15) is 18.0 Å². The molecule has 0 bridgehead atoms. The van der Waals surface area contributed by atoms with Gasteiger partial charge in [-0.1, -0.05) is 0 Å². The largest absolute Gasteiger partial charge is 0.481 e. The number of hydrogen-bond donors (Lipinski definition) is 2. The number of carboxylic acid groups (broad SMARTS) is 1. The van der Waals surface area contributed by atoms with Crippen LogP contribution in [0.25, 0.3) is 11.3 Å². The smallest absolute Gasteiger partial charge is 0.416 e. The van der Waals surface area contributed by atoms with Crippen LogP contribution in [0.5, 0.6) is 0 Å². The van der Waals surface area contributed by atoms with Gasteiger partial charge in [-0.15, -0.1) is 0 Å². The quantitative estimate of drug-likeness (QED) is 0.457. The standard InChI is InChI=1S/C25H25F3N4O2/c1-15-10-21(31-23(11-15)32-22-13-19(8-9-29-22)25(26,27)28)18-6-7-20(30-14-18)12-16-2-4-17(5-3-16)24(33)34/h6-11,13-14,16-17H,2-5,12H2,1H3,(H,33,34)(H,29,31,32)/t16-,17-. The molecule has 6 nitrogen and oxygen atoms in total. The minimum atomic E-state index is -4.45. The molecule has 0 aliphatic heterocycles. The molecule has 178 valence electrons. The topological polar surface area (TPSA) is 88.0 Å². The zero-order chi connectivity index (χ0) is 24.3. The number of pyridine rings is 3. The number of carbonyl (C=O) groups is 1. The maximum atomic E-state index is 13.0. The molecule has 1 saturated carbocycles. The van der Waals surface area contributed by atoms with Crippen molar-refractivity contribution in [2.75, 3.05) is 5.32 Å². The summed E-state index contributed by atoms with van der Waals surface area (Å²) in [6.07, 6.45) is 2.40. The van der Waals surface area contributed by atoms with Crippen LogP contribution in [0.3, 0.4) is 0 Å². The maximum Gasteiger partial charge on any atom is 0.416 e. The van der Waals surface area contributed by atoms with Crippen LogP contribution in [-0.2, 0) is 17.4 Å². The molecule has 1 aliphatic carbocycles. The summed E-state index contributed by atoms with van der Waals surface area (Å²) in [5.74, 6) is -0.0509. The lowest BCUT2D eigenvalue weighted by atomic mass is 9.80. The number of aromatic nitrogens is 3.